The van der Waals surface area contributed by atoms with Gasteiger partial charge in [-0.1, -0.05) is 12.1 Å². The highest BCUT2D eigenvalue weighted by Gasteiger charge is 2.30. The summed E-state index contributed by atoms with van der Waals surface area (Å²) in [5.41, 5.74) is 1.43. The average Bonchev–Trinajstić information content (AvgIpc) is 3.22. The molecule has 0 radical (unpaired) electrons. The molecule has 4 rings (SSSR count). The number of halogens is 3. The molecule has 0 saturated carbocycles. The highest BCUT2D eigenvalue weighted by molar-refractivity contribution is 5.93. The van der Waals surface area contributed by atoms with Gasteiger partial charge in [0.15, 0.2) is 0 Å². The largest absolute Gasteiger partial charge is 0.450 e. The standard InChI is InChI=1S/C22H21F3N4O3/c1-2-32-21(31)28-11-9-27(10-12-28)20(30)18-14-29-13-16(5-8-19(29)26-18)15-3-6-17(7-4-15)22(23,24)25/h3-8,13-14H,2,9-12H2,1H3. The van der Waals surface area contributed by atoms with Crippen LogP contribution in [0.25, 0.3) is 16.8 Å². The summed E-state index contributed by atoms with van der Waals surface area (Å²) in [6.45, 7) is 3.56. The van der Waals surface area contributed by atoms with E-state index >= 15 is 0 Å². The van der Waals surface area contributed by atoms with E-state index in [0.29, 0.717) is 49.6 Å². The number of piperazine rings is 1. The van der Waals surface area contributed by atoms with Gasteiger partial charge in [-0.05, 0) is 42.3 Å². The Morgan fingerprint density at radius 3 is 2.19 bits per heavy atom. The lowest BCUT2D eigenvalue weighted by molar-refractivity contribution is -0.137. The molecule has 10 heteroatoms. The number of rotatable bonds is 3. The Morgan fingerprint density at radius 2 is 1.56 bits per heavy atom. The van der Waals surface area contributed by atoms with E-state index in [1.54, 1.807) is 45.7 Å². The van der Waals surface area contributed by atoms with E-state index in [2.05, 4.69) is 4.98 Å². The molecule has 1 aromatic carbocycles. The summed E-state index contributed by atoms with van der Waals surface area (Å²) in [4.78, 5) is 32.2. The van der Waals surface area contributed by atoms with E-state index in [1.165, 1.54) is 12.1 Å². The second-order valence-corrected chi connectivity index (χ2v) is 7.36. The van der Waals surface area contributed by atoms with Gasteiger partial charge in [0, 0.05) is 38.6 Å². The third-order valence-electron chi connectivity index (χ3n) is 5.31. The number of hydrogen-bond donors (Lipinski definition) is 0. The fourth-order valence-electron chi connectivity index (χ4n) is 3.59. The fourth-order valence-corrected chi connectivity index (χ4v) is 3.59. The van der Waals surface area contributed by atoms with Crippen LogP contribution in [-0.2, 0) is 10.9 Å². The van der Waals surface area contributed by atoms with Crippen LogP contribution in [0.15, 0.2) is 48.8 Å². The van der Waals surface area contributed by atoms with Crippen LogP contribution in [0.5, 0.6) is 0 Å². The summed E-state index contributed by atoms with van der Waals surface area (Å²) < 4.78 is 45.0. The quantitative estimate of drug-likeness (QED) is 0.612. The zero-order valence-electron chi connectivity index (χ0n) is 17.3. The fraction of sp³-hybridized carbons (Fsp3) is 0.318. The SMILES string of the molecule is CCOC(=O)N1CCN(C(=O)c2cn3cc(-c4ccc(C(F)(F)F)cc4)ccc3n2)CC1. The molecule has 2 amide bonds. The maximum Gasteiger partial charge on any atom is 0.416 e. The molecule has 1 fully saturated rings. The molecule has 0 atom stereocenters. The molecule has 0 aliphatic carbocycles. The highest BCUT2D eigenvalue weighted by Crippen LogP contribution is 2.31. The lowest BCUT2D eigenvalue weighted by atomic mass is 10.1. The zero-order valence-corrected chi connectivity index (χ0v) is 17.3. The molecular weight excluding hydrogens is 425 g/mol. The van der Waals surface area contributed by atoms with Gasteiger partial charge in [0.05, 0.1) is 12.2 Å². The number of pyridine rings is 1. The van der Waals surface area contributed by atoms with Crippen LogP contribution in [0.2, 0.25) is 0 Å². The van der Waals surface area contributed by atoms with Gasteiger partial charge in [-0.15, -0.1) is 0 Å². The molecule has 1 saturated heterocycles. The van der Waals surface area contributed by atoms with Crippen molar-refractivity contribution in [2.24, 2.45) is 0 Å². The monoisotopic (exact) mass is 446 g/mol. The minimum Gasteiger partial charge on any atom is -0.450 e. The first-order valence-corrected chi connectivity index (χ1v) is 10.1. The normalized spacial score (nSPS) is 14.6. The van der Waals surface area contributed by atoms with Gasteiger partial charge < -0.3 is 18.9 Å². The number of imidazole rings is 1. The number of alkyl halides is 3. The van der Waals surface area contributed by atoms with Crippen molar-refractivity contribution in [1.82, 2.24) is 19.2 Å². The van der Waals surface area contributed by atoms with Gasteiger partial charge in [-0.25, -0.2) is 9.78 Å². The Balaban J connectivity index is 1.48. The molecule has 1 aliphatic rings. The van der Waals surface area contributed by atoms with Gasteiger partial charge >= 0.3 is 12.3 Å². The third-order valence-corrected chi connectivity index (χ3v) is 5.31. The van der Waals surface area contributed by atoms with Crippen LogP contribution in [0, 0.1) is 0 Å². The summed E-state index contributed by atoms with van der Waals surface area (Å²) in [7, 11) is 0. The van der Waals surface area contributed by atoms with Crippen LogP contribution in [-0.4, -0.2) is 64.0 Å². The number of amides is 2. The van der Waals surface area contributed by atoms with Gasteiger partial charge in [0.2, 0.25) is 0 Å². The molecule has 3 aromatic rings. The number of benzene rings is 1. The highest BCUT2D eigenvalue weighted by atomic mass is 19.4. The summed E-state index contributed by atoms with van der Waals surface area (Å²) in [6, 6.07) is 8.36. The van der Waals surface area contributed by atoms with Crippen molar-refractivity contribution in [2.75, 3.05) is 32.8 Å². The van der Waals surface area contributed by atoms with Crippen LogP contribution in [0.1, 0.15) is 23.0 Å². The molecule has 2 aromatic heterocycles. The Kier molecular flexibility index (Phi) is 5.77. The predicted octanol–water partition coefficient (Wildman–Crippen LogP) is 3.93. The first kappa shape index (κ1) is 21.7. The van der Waals surface area contributed by atoms with Crippen molar-refractivity contribution in [1.29, 1.82) is 0 Å². The molecule has 3 heterocycles. The first-order valence-electron chi connectivity index (χ1n) is 10.1. The smallest absolute Gasteiger partial charge is 0.416 e. The summed E-state index contributed by atoms with van der Waals surface area (Å²) >= 11 is 0. The molecule has 7 nitrogen and oxygen atoms in total. The summed E-state index contributed by atoms with van der Waals surface area (Å²) in [5.74, 6) is -0.242. The lowest BCUT2D eigenvalue weighted by Gasteiger charge is -2.33. The van der Waals surface area contributed by atoms with Crippen molar-refractivity contribution in [3.8, 4) is 11.1 Å². The van der Waals surface area contributed by atoms with Gasteiger partial charge in [-0.3, -0.25) is 4.79 Å². The van der Waals surface area contributed by atoms with E-state index < -0.39 is 11.7 Å². The Hall–Kier alpha value is -3.56. The van der Waals surface area contributed by atoms with Gasteiger partial charge in [0.1, 0.15) is 11.3 Å². The number of aromatic nitrogens is 2. The molecule has 0 N–H and O–H groups in total. The summed E-state index contributed by atoms with van der Waals surface area (Å²) in [6.07, 6.45) is -1.45. The number of fused-ring (bicyclic) bond motifs is 1. The number of carbonyl (C=O) groups excluding carboxylic acids is 2. The number of ether oxygens (including phenoxy) is 1. The minimum absolute atomic E-state index is 0.242. The maximum atomic E-state index is 12.9. The van der Waals surface area contributed by atoms with Crippen LogP contribution in [0.4, 0.5) is 18.0 Å². The lowest BCUT2D eigenvalue weighted by Crippen LogP contribution is -2.50. The molecular formula is C22H21F3N4O3. The number of hydrogen-bond acceptors (Lipinski definition) is 4. The Labute approximate surface area is 182 Å². The molecule has 1 aliphatic heterocycles. The molecule has 0 bridgehead atoms. The average molecular weight is 446 g/mol. The zero-order chi connectivity index (χ0) is 22.9. The van der Waals surface area contributed by atoms with Crippen LogP contribution >= 0.6 is 0 Å². The maximum absolute atomic E-state index is 12.9. The number of carbonyl (C=O) groups is 2. The topological polar surface area (TPSA) is 67.2 Å². The summed E-state index contributed by atoms with van der Waals surface area (Å²) in [5, 5.41) is 0. The second-order valence-electron chi connectivity index (χ2n) is 7.36. The van der Waals surface area contributed by atoms with Crippen molar-refractivity contribution >= 4 is 17.6 Å². The van der Waals surface area contributed by atoms with Crippen LogP contribution < -0.4 is 0 Å². The Bertz CT molecular complexity index is 1130. The molecule has 32 heavy (non-hydrogen) atoms. The van der Waals surface area contributed by atoms with E-state index in [0.717, 1.165) is 12.1 Å². The van der Waals surface area contributed by atoms with Gasteiger partial charge in [0.25, 0.3) is 5.91 Å². The molecule has 0 unspecified atom stereocenters. The van der Waals surface area contributed by atoms with Crippen LogP contribution in [0.3, 0.4) is 0 Å². The molecule has 168 valence electrons. The van der Waals surface area contributed by atoms with E-state index in [9.17, 15) is 22.8 Å². The van der Waals surface area contributed by atoms with Crippen molar-refractivity contribution in [3.05, 3.63) is 60.0 Å². The second kappa shape index (κ2) is 8.52. The van der Waals surface area contributed by atoms with Crippen molar-refractivity contribution in [3.63, 3.8) is 0 Å². The predicted molar refractivity (Wildman–Crippen MR) is 110 cm³/mol. The molecule has 0 spiro atoms. The third kappa shape index (κ3) is 4.39. The number of nitrogens with zero attached hydrogens (tertiary/aromatic N) is 4. The van der Waals surface area contributed by atoms with Gasteiger partial charge in [-0.2, -0.15) is 13.2 Å². The first-order chi connectivity index (χ1) is 15.3. The van der Waals surface area contributed by atoms with Crippen molar-refractivity contribution < 1.29 is 27.5 Å². The van der Waals surface area contributed by atoms with E-state index in [-0.39, 0.29) is 17.7 Å². The van der Waals surface area contributed by atoms with Crippen molar-refractivity contribution in [2.45, 2.75) is 13.1 Å². The van der Waals surface area contributed by atoms with E-state index in [4.69, 9.17) is 4.74 Å². The Morgan fingerprint density at radius 1 is 0.938 bits per heavy atom. The van der Waals surface area contributed by atoms with E-state index in [1.807, 2.05) is 0 Å². The minimum atomic E-state index is -4.39.